The minimum atomic E-state index is -4.56. The van der Waals surface area contributed by atoms with Crippen LogP contribution in [-0.4, -0.2) is 40.1 Å². The van der Waals surface area contributed by atoms with Gasteiger partial charge >= 0.3 is 12.4 Å². The first-order valence-electron chi connectivity index (χ1n) is 10.7. The Kier molecular flexibility index (Phi) is 6.88. The van der Waals surface area contributed by atoms with Crippen molar-refractivity contribution in [1.82, 2.24) is 20.3 Å². The number of benzene rings is 1. The summed E-state index contributed by atoms with van der Waals surface area (Å²) >= 11 is 0. The molecule has 0 bridgehead atoms. The second kappa shape index (κ2) is 9.92. The molecule has 0 radical (unpaired) electrons. The molecule has 2 aromatic heterocycles. The number of pyridine rings is 1. The Bertz CT molecular complexity index is 1350. The van der Waals surface area contributed by atoms with Gasteiger partial charge in [-0.3, -0.25) is 4.79 Å². The first kappa shape index (κ1) is 25.7. The molecule has 0 saturated heterocycles. The molecule has 1 aliphatic heterocycles. The molecular weight excluding hydrogens is 504 g/mol. The van der Waals surface area contributed by atoms with E-state index in [1.807, 2.05) is 6.07 Å². The SMILES string of the molecule is N#Cc1cc(C(F)(F)F)ccc1N1CCc2c(ncnc2Nc2ccc(C(=O)NCC(F)(F)F)cn2)C1. The second-order valence-electron chi connectivity index (χ2n) is 8.02. The summed E-state index contributed by atoms with van der Waals surface area (Å²) in [6, 6.07) is 7.55. The van der Waals surface area contributed by atoms with Crippen LogP contribution in [0.5, 0.6) is 0 Å². The number of alkyl halides is 6. The van der Waals surface area contributed by atoms with Crippen molar-refractivity contribution in [3.8, 4) is 6.07 Å². The number of fused-ring (bicyclic) bond motifs is 1. The highest BCUT2D eigenvalue weighted by molar-refractivity contribution is 5.94. The fourth-order valence-electron chi connectivity index (χ4n) is 3.75. The number of rotatable bonds is 5. The zero-order valence-corrected chi connectivity index (χ0v) is 18.8. The van der Waals surface area contributed by atoms with Gasteiger partial charge in [0, 0.05) is 18.3 Å². The highest BCUT2D eigenvalue weighted by Gasteiger charge is 2.32. The molecule has 0 atom stereocenters. The van der Waals surface area contributed by atoms with Crippen LogP contribution in [0.3, 0.4) is 0 Å². The van der Waals surface area contributed by atoms with Crippen molar-refractivity contribution in [2.24, 2.45) is 0 Å². The van der Waals surface area contributed by atoms with Crippen LogP contribution < -0.4 is 15.5 Å². The average Bonchev–Trinajstić information content (AvgIpc) is 2.86. The van der Waals surface area contributed by atoms with Crippen LogP contribution in [0.15, 0.2) is 42.9 Å². The Morgan fingerprint density at radius 2 is 1.86 bits per heavy atom. The topological polar surface area (TPSA) is 107 Å². The highest BCUT2D eigenvalue weighted by atomic mass is 19.4. The Morgan fingerprint density at radius 1 is 1.08 bits per heavy atom. The molecule has 0 saturated carbocycles. The molecule has 37 heavy (non-hydrogen) atoms. The number of halogens is 6. The van der Waals surface area contributed by atoms with Crippen LogP contribution in [0, 0.1) is 11.3 Å². The van der Waals surface area contributed by atoms with Gasteiger partial charge in [-0.25, -0.2) is 15.0 Å². The number of nitriles is 1. The van der Waals surface area contributed by atoms with E-state index in [1.54, 1.807) is 10.2 Å². The van der Waals surface area contributed by atoms with Gasteiger partial charge in [0.2, 0.25) is 0 Å². The lowest BCUT2D eigenvalue weighted by Gasteiger charge is -2.31. The first-order chi connectivity index (χ1) is 17.4. The van der Waals surface area contributed by atoms with Crippen molar-refractivity contribution in [2.45, 2.75) is 25.3 Å². The van der Waals surface area contributed by atoms with Gasteiger partial charge in [0.1, 0.15) is 30.6 Å². The standard InChI is InChI=1S/C23H17F6N7O/c24-22(25,26)11-32-21(37)13-1-4-19(31-9-13)35-20-16-5-6-36(10-17(16)33-12-34-20)18-3-2-15(23(27,28)29)7-14(18)8-30/h1-4,7,9,12H,5-6,10-11H2,(H,32,37)(H,31,33,34,35). The molecule has 4 rings (SSSR count). The molecule has 3 heterocycles. The van der Waals surface area contributed by atoms with Crippen LogP contribution in [0.2, 0.25) is 0 Å². The van der Waals surface area contributed by atoms with Crippen molar-refractivity contribution in [3.63, 3.8) is 0 Å². The predicted molar refractivity (Wildman–Crippen MR) is 119 cm³/mol. The van der Waals surface area contributed by atoms with Gasteiger partial charge in [0.25, 0.3) is 5.91 Å². The lowest BCUT2D eigenvalue weighted by Crippen LogP contribution is -2.33. The number of hydrogen-bond donors (Lipinski definition) is 2. The molecular formula is C23H17F6N7O. The quantitative estimate of drug-likeness (QED) is 0.481. The van der Waals surface area contributed by atoms with E-state index in [1.165, 1.54) is 24.5 Å². The molecule has 1 aromatic carbocycles. The van der Waals surface area contributed by atoms with Crippen molar-refractivity contribution in [1.29, 1.82) is 5.26 Å². The molecule has 0 spiro atoms. The van der Waals surface area contributed by atoms with Crippen LogP contribution >= 0.6 is 0 Å². The van der Waals surface area contributed by atoms with Crippen LogP contribution in [0.25, 0.3) is 0 Å². The highest BCUT2D eigenvalue weighted by Crippen LogP contribution is 2.34. The number of nitrogens with zero attached hydrogens (tertiary/aromatic N) is 5. The Morgan fingerprint density at radius 3 is 2.51 bits per heavy atom. The number of hydrogen-bond acceptors (Lipinski definition) is 7. The molecule has 8 nitrogen and oxygen atoms in total. The molecule has 14 heteroatoms. The van der Waals surface area contributed by atoms with Gasteiger partial charge in [0.05, 0.1) is 34.6 Å². The normalized spacial score (nSPS) is 13.5. The van der Waals surface area contributed by atoms with E-state index in [-0.39, 0.29) is 23.5 Å². The second-order valence-corrected chi connectivity index (χ2v) is 8.02. The van der Waals surface area contributed by atoms with E-state index in [0.29, 0.717) is 30.2 Å². The molecule has 0 unspecified atom stereocenters. The summed E-state index contributed by atoms with van der Waals surface area (Å²) in [4.78, 5) is 26.1. The summed E-state index contributed by atoms with van der Waals surface area (Å²) in [6.07, 6.45) is -6.28. The number of carbonyl (C=O) groups excluding carboxylic acids is 1. The van der Waals surface area contributed by atoms with Gasteiger partial charge in [-0.2, -0.15) is 31.6 Å². The Balaban J connectivity index is 1.48. The summed E-state index contributed by atoms with van der Waals surface area (Å²) in [5.41, 5.74) is 0.619. The van der Waals surface area contributed by atoms with Gasteiger partial charge in [-0.1, -0.05) is 0 Å². The van der Waals surface area contributed by atoms with E-state index in [4.69, 9.17) is 0 Å². The molecule has 1 aliphatic rings. The van der Waals surface area contributed by atoms with E-state index in [0.717, 1.165) is 23.9 Å². The van der Waals surface area contributed by atoms with Crippen molar-refractivity contribution >= 4 is 23.2 Å². The number of anilines is 3. The summed E-state index contributed by atoms with van der Waals surface area (Å²) in [7, 11) is 0. The number of aromatic nitrogens is 3. The third-order valence-corrected chi connectivity index (χ3v) is 5.51. The molecule has 3 aromatic rings. The van der Waals surface area contributed by atoms with Crippen LogP contribution in [-0.2, 0) is 19.1 Å². The van der Waals surface area contributed by atoms with E-state index >= 15 is 0 Å². The summed E-state index contributed by atoms with van der Waals surface area (Å²) in [5.74, 6) is -0.222. The Hall–Kier alpha value is -4.41. The minimum Gasteiger partial charge on any atom is -0.364 e. The maximum atomic E-state index is 13.0. The monoisotopic (exact) mass is 521 g/mol. The molecule has 0 fully saturated rings. The maximum absolute atomic E-state index is 13.0. The third-order valence-electron chi connectivity index (χ3n) is 5.51. The fourth-order valence-corrected chi connectivity index (χ4v) is 3.75. The van der Waals surface area contributed by atoms with E-state index in [2.05, 4.69) is 20.3 Å². The largest absolute Gasteiger partial charge is 0.416 e. The molecule has 1 amide bonds. The van der Waals surface area contributed by atoms with Crippen LogP contribution in [0.4, 0.5) is 43.7 Å². The summed E-state index contributed by atoms with van der Waals surface area (Å²) in [5, 5.41) is 14.1. The predicted octanol–water partition coefficient (Wildman–Crippen LogP) is 4.36. The van der Waals surface area contributed by atoms with Crippen LogP contribution in [0.1, 0.15) is 32.7 Å². The lowest BCUT2D eigenvalue weighted by atomic mass is 10.0. The maximum Gasteiger partial charge on any atom is 0.416 e. The third kappa shape index (κ3) is 6.05. The van der Waals surface area contributed by atoms with Gasteiger partial charge in [-0.05, 0) is 36.8 Å². The van der Waals surface area contributed by atoms with Crippen molar-refractivity contribution in [3.05, 3.63) is 70.8 Å². The number of nitrogens with one attached hydrogen (secondary N) is 2. The zero-order valence-electron chi connectivity index (χ0n) is 18.8. The smallest absolute Gasteiger partial charge is 0.364 e. The van der Waals surface area contributed by atoms with Gasteiger partial charge in [-0.15, -0.1) is 0 Å². The Labute approximate surface area is 206 Å². The summed E-state index contributed by atoms with van der Waals surface area (Å²) in [6.45, 7) is -0.864. The first-order valence-corrected chi connectivity index (χ1v) is 10.7. The lowest BCUT2D eigenvalue weighted by molar-refractivity contribution is -0.137. The molecule has 192 valence electrons. The fraction of sp³-hybridized carbons (Fsp3) is 0.261. The zero-order chi connectivity index (χ0) is 26.8. The van der Waals surface area contributed by atoms with Gasteiger partial charge in [0.15, 0.2) is 0 Å². The molecule has 0 aliphatic carbocycles. The minimum absolute atomic E-state index is 0.0556. The van der Waals surface area contributed by atoms with Gasteiger partial charge < -0.3 is 15.5 Å². The van der Waals surface area contributed by atoms with E-state index in [9.17, 15) is 36.4 Å². The molecule has 2 N–H and O–H groups in total. The summed E-state index contributed by atoms with van der Waals surface area (Å²) < 4.78 is 75.9. The number of carbonyl (C=O) groups is 1. The van der Waals surface area contributed by atoms with Crippen molar-refractivity contribution < 1.29 is 31.1 Å². The van der Waals surface area contributed by atoms with Crippen molar-refractivity contribution in [2.75, 3.05) is 23.3 Å². The van der Waals surface area contributed by atoms with E-state index < -0.39 is 30.4 Å². The average molecular weight is 521 g/mol. The number of amides is 1.